The molecule has 3 N–H and O–H groups in total. The van der Waals surface area contributed by atoms with Crippen LogP contribution < -0.4 is 5.73 Å². The van der Waals surface area contributed by atoms with Gasteiger partial charge in [-0.3, -0.25) is 5.41 Å². The van der Waals surface area contributed by atoms with Crippen LogP contribution in [0.3, 0.4) is 0 Å². The van der Waals surface area contributed by atoms with Crippen molar-refractivity contribution in [2.45, 2.75) is 16.3 Å². The number of nitrogen functional groups attached to an aromatic ring is 1. The van der Waals surface area contributed by atoms with E-state index in [1.54, 1.807) is 11.3 Å². The van der Waals surface area contributed by atoms with Gasteiger partial charge in [-0.25, -0.2) is 9.97 Å². The van der Waals surface area contributed by atoms with E-state index in [2.05, 4.69) is 16.0 Å². The van der Waals surface area contributed by atoms with Crippen LogP contribution in [0.4, 0.5) is 0 Å². The Hall–Kier alpha value is -1.92. The lowest BCUT2D eigenvalue weighted by atomic mass is 10.2. The van der Waals surface area contributed by atoms with E-state index < -0.39 is 0 Å². The third-order valence-electron chi connectivity index (χ3n) is 2.71. The minimum absolute atomic E-state index is 0.0571. The number of nitrogens with one attached hydrogen (secondary N) is 1. The number of aromatic nitrogens is 2. The van der Waals surface area contributed by atoms with E-state index in [0.29, 0.717) is 5.56 Å². The first kappa shape index (κ1) is 13.1. The van der Waals surface area contributed by atoms with Crippen LogP contribution in [0, 0.1) is 12.3 Å². The van der Waals surface area contributed by atoms with E-state index in [9.17, 15) is 0 Å². The van der Waals surface area contributed by atoms with Crippen molar-refractivity contribution in [1.82, 2.24) is 9.97 Å². The van der Waals surface area contributed by atoms with Crippen LogP contribution >= 0.6 is 23.1 Å². The summed E-state index contributed by atoms with van der Waals surface area (Å²) >= 11 is 3.14. The molecule has 0 bridgehead atoms. The first-order valence-corrected chi connectivity index (χ1v) is 7.61. The van der Waals surface area contributed by atoms with Crippen molar-refractivity contribution in [2.75, 3.05) is 0 Å². The van der Waals surface area contributed by atoms with Gasteiger partial charge in [-0.15, -0.1) is 11.3 Å². The first-order valence-electron chi connectivity index (χ1n) is 5.98. The fraction of sp³-hybridized carbons (Fsp3) is 0.0714. The number of pyridine rings is 1. The lowest BCUT2D eigenvalue weighted by Crippen LogP contribution is -2.11. The SMILES string of the molecule is Cc1cc(C(=N)N)cc(Sc2nc3ccccc3s2)n1. The highest BCUT2D eigenvalue weighted by molar-refractivity contribution is 8.01. The maximum absolute atomic E-state index is 7.52. The molecule has 1 aromatic carbocycles. The molecule has 0 amide bonds. The van der Waals surface area contributed by atoms with Crippen molar-refractivity contribution < 1.29 is 0 Å². The van der Waals surface area contributed by atoms with Crippen LogP contribution in [0.15, 0.2) is 45.8 Å². The molecule has 2 heterocycles. The molecule has 0 aliphatic carbocycles. The van der Waals surface area contributed by atoms with E-state index in [4.69, 9.17) is 11.1 Å². The number of rotatable bonds is 3. The maximum Gasteiger partial charge on any atom is 0.157 e. The molecule has 20 heavy (non-hydrogen) atoms. The molecular weight excluding hydrogens is 288 g/mol. The smallest absolute Gasteiger partial charge is 0.157 e. The van der Waals surface area contributed by atoms with Gasteiger partial charge in [0.2, 0.25) is 0 Å². The van der Waals surface area contributed by atoms with Gasteiger partial charge < -0.3 is 5.73 Å². The predicted molar refractivity (Wildman–Crippen MR) is 83.7 cm³/mol. The molecule has 0 unspecified atom stereocenters. The van der Waals surface area contributed by atoms with Crippen LogP contribution in [-0.2, 0) is 0 Å². The van der Waals surface area contributed by atoms with Crippen LogP contribution in [0.1, 0.15) is 11.3 Å². The summed E-state index contributed by atoms with van der Waals surface area (Å²) in [5, 5.41) is 8.34. The summed E-state index contributed by atoms with van der Waals surface area (Å²) in [6, 6.07) is 11.7. The zero-order valence-electron chi connectivity index (χ0n) is 10.8. The lowest BCUT2D eigenvalue weighted by Gasteiger charge is -2.03. The molecule has 0 aliphatic rings. The quantitative estimate of drug-likeness (QED) is 0.574. The Morgan fingerprint density at radius 1 is 1.25 bits per heavy atom. The maximum atomic E-state index is 7.52. The summed E-state index contributed by atoms with van der Waals surface area (Å²) in [7, 11) is 0. The molecular formula is C14H12N4S2. The number of fused-ring (bicyclic) bond motifs is 1. The number of hydrogen-bond acceptors (Lipinski definition) is 5. The minimum Gasteiger partial charge on any atom is -0.384 e. The number of nitrogens with two attached hydrogens (primary N) is 1. The third kappa shape index (κ3) is 2.66. The fourth-order valence-corrected chi connectivity index (χ4v) is 3.92. The second-order valence-electron chi connectivity index (χ2n) is 4.30. The Morgan fingerprint density at radius 3 is 2.80 bits per heavy atom. The average Bonchev–Trinajstić information content (AvgIpc) is 2.79. The van der Waals surface area contributed by atoms with E-state index in [-0.39, 0.29) is 5.84 Å². The van der Waals surface area contributed by atoms with Crippen molar-refractivity contribution >= 4 is 39.2 Å². The molecule has 3 aromatic rings. The number of amidine groups is 1. The summed E-state index contributed by atoms with van der Waals surface area (Å²) in [6.45, 7) is 1.90. The highest BCUT2D eigenvalue weighted by Gasteiger charge is 2.08. The monoisotopic (exact) mass is 300 g/mol. The Morgan fingerprint density at radius 2 is 2.05 bits per heavy atom. The van der Waals surface area contributed by atoms with Gasteiger partial charge in [0, 0.05) is 11.3 Å². The zero-order valence-corrected chi connectivity index (χ0v) is 12.4. The van der Waals surface area contributed by atoms with Crippen molar-refractivity contribution in [3.8, 4) is 0 Å². The molecule has 0 spiro atoms. The number of nitrogens with zero attached hydrogens (tertiary/aromatic N) is 2. The van der Waals surface area contributed by atoms with E-state index in [0.717, 1.165) is 25.3 Å². The first-order chi connectivity index (χ1) is 9.61. The molecule has 0 saturated heterocycles. The van der Waals surface area contributed by atoms with Crippen molar-refractivity contribution in [3.63, 3.8) is 0 Å². The van der Waals surface area contributed by atoms with Gasteiger partial charge in [0.25, 0.3) is 0 Å². The summed E-state index contributed by atoms with van der Waals surface area (Å²) < 4.78 is 2.10. The molecule has 0 atom stereocenters. The average molecular weight is 300 g/mol. The van der Waals surface area contributed by atoms with E-state index >= 15 is 0 Å². The molecule has 6 heteroatoms. The van der Waals surface area contributed by atoms with Crippen LogP contribution in [0.2, 0.25) is 0 Å². The van der Waals surface area contributed by atoms with Gasteiger partial charge in [-0.05, 0) is 43.0 Å². The molecule has 0 radical (unpaired) electrons. The standard InChI is InChI=1S/C14H12N4S2/c1-8-6-9(13(15)16)7-12(17-8)20-14-18-10-4-2-3-5-11(10)19-14/h2-7H,1H3,(H3,15,16). The number of benzene rings is 1. The lowest BCUT2D eigenvalue weighted by molar-refractivity contribution is 1.06. The molecule has 100 valence electrons. The Bertz CT molecular complexity index is 762. The topological polar surface area (TPSA) is 75.7 Å². The van der Waals surface area contributed by atoms with E-state index in [1.807, 2.05) is 37.3 Å². The Kier molecular flexibility index (Phi) is 3.42. The van der Waals surface area contributed by atoms with Crippen molar-refractivity contribution in [3.05, 3.63) is 47.7 Å². The van der Waals surface area contributed by atoms with Gasteiger partial charge in [0.05, 0.1) is 10.2 Å². The van der Waals surface area contributed by atoms with Gasteiger partial charge in [-0.1, -0.05) is 12.1 Å². The van der Waals surface area contributed by atoms with Gasteiger partial charge in [0.1, 0.15) is 10.9 Å². The number of thiazole rings is 1. The van der Waals surface area contributed by atoms with Crippen LogP contribution in [0.5, 0.6) is 0 Å². The van der Waals surface area contributed by atoms with Gasteiger partial charge in [0.15, 0.2) is 4.34 Å². The summed E-state index contributed by atoms with van der Waals surface area (Å²) in [6.07, 6.45) is 0. The van der Waals surface area contributed by atoms with Gasteiger partial charge >= 0.3 is 0 Å². The Labute approximate surface area is 124 Å². The highest BCUT2D eigenvalue weighted by Crippen LogP contribution is 2.33. The molecule has 0 fully saturated rings. The number of para-hydroxylation sites is 1. The van der Waals surface area contributed by atoms with Crippen LogP contribution in [0.25, 0.3) is 10.2 Å². The Balaban J connectivity index is 1.96. The van der Waals surface area contributed by atoms with Crippen LogP contribution in [-0.4, -0.2) is 15.8 Å². The van der Waals surface area contributed by atoms with E-state index in [1.165, 1.54) is 11.8 Å². The molecule has 0 aliphatic heterocycles. The van der Waals surface area contributed by atoms with Crippen molar-refractivity contribution in [2.24, 2.45) is 5.73 Å². The minimum atomic E-state index is 0.0571. The summed E-state index contributed by atoms with van der Waals surface area (Å²) in [5.41, 5.74) is 8.08. The molecule has 2 aromatic heterocycles. The summed E-state index contributed by atoms with van der Waals surface area (Å²) in [5.74, 6) is 0.0571. The predicted octanol–water partition coefficient (Wildman–Crippen LogP) is 3.43. The normalized spacial score (nSPS) is 10.8. The number of aryl methyl sites for hydroxylation is 1. The third-order valence-corrected chi connectivity index (χ3v) is 4.72. The second-order valence-corrected chi connectivity index (χ2v) is 6.60. The number of hydrogen-bond donors (Lipinski definition) is 2. The zero-order chi connectivity index (χ0) is 14.1. The van der Waals surface area contributed by atoms with Gasteiger partial charge in [-0.2, -0.15) is 0 Å². The molecule has 4 nitrogen and oxygen atoms in total. The molecule has 0 saturated carbocycles. The second kappa shape index (κ2) is 5.22. The van der Waals surface area contributed by atoms with Crippen molar-refractivity contribution in [1.29, 1.82) is 5.41 Å². The highest BCUT2D eigenvalue weighted by atomic mass is 32.2. The fourth-order valence-electron chi connectivity index (χ4n) is 1.83. The summed E-state index contributed by atoms with van der Waals surface area (Å²) in [4.78, 5) is 9.03. The molecule has 3 rings (SSSR count). The largest absolute Gasteiger partial charge is 0.384 e.